The Balaban J connectivity index is 2.28. The molecule has 0 saturated carbocycles. The Morgan fingerprint density at radius 1 is 1.58 bits per heavy atom. The topological polar surface area (TPSA) is 96.7 Å². The first-order valence-corrected chi connectivity index (χ1v) is 5.31. The highest BCUT2D eigenvalue weighted by atomic mass is 19.1. The highest BCUT2D eigenvalue weighted by molar-refractivity contribution is 6.06. The second-order valence-corrected chi connectivity index (χ2v) is 3.83. The maximum Gasteiger partial charge on any atom is 0.276 e. The van der Waals surface area contributed by atoms with Crippen molar-refractivity contribution >= 4 is 17.3 Å². The van der Waals surface area contributed by atoms with Crippen molar-refractivity contribution in [1.82, 2.24) is 9.78 Å². The summed E-state index contributed by atoms with van der Waals surface area (Å²) >= 11 is 0. The van der Waals surface area contributed by atoms with E-state index in [-0.39, 0.29) is 16.9 Å². The van der Waals surface area contributed by atoms with E-state index < -0.39 is 11.7 Å². The van der Waals surface area contributed by atoms with Gasteiger partial charge in [0.2, 0.25) is 0 Å². The van der Waals surface area contributed by atoms with Crippen molar-refractivity contribution in [2.75, 3.05) is 11.1 Å². The van der Waals surface area contributed by atoms with E-state index in [1.54, 1.807) is 13.1 Å². The average Bonchev–Trinajstić information content (AvgIpc) is 2.71. The summed E-state index contributed by atoms with van der Waals surface area (Å²) in [4.78, 5) is 12.0. The van der Waals surface area contributed by atoms with Crippen molar-refractivity contribution in [3.63, 3.8) is 0 Å². The van der Waals surface area contributed by atoms with Crippen molar-refractivity contribution in [2.45, 2.75) is 0 Å². The molecule has 19 heavy (non-hydrogen) atoms. The molecule has 3 N–H and O–H groups in total. The van der Waals surface area contributed by atoms with Gasteiger partial charge in [0.15, 0.2) is 0 Å². The molecule has 0 aliphatic rings. The van der Waals surface area contributed by atoms with Gasteiger partial charge in [0, 0.05) is 12.7 Å². The number of rotatable bonds is 2. The summed E-state index contributed by atoms with van der Waals surface area (Å²) in [6, 6.07) is 5.42. The predicted octanol–water partition coefficient (Wildman–Crippen LogP) is 1.27. The molecule has 0 bridgehead atoms. The fourth-order valence-corrected chi connectivity index (χ4v) is 1.61. The number of benzene rings is 1. The number of aryl methyl sites for hydroxylation is 1. The molecule has 0 unspecified atom stereocenters. The Bertz CT molecular complexity index is 666. The molecule has 1 aromatic carbocycles. The van der Waals surface area contributed by atoms with Crippen molar-refractivity contribution < 1.29 is 9.18 Å². The molecule has 1 amide bonds. The van der Waals surface area contributed by atoms with E-state index in [2.05, 4.69) is 10.4 Å². The Labute approximate surface area is 108 Å². The van der Waals surface area contributed by atoms with Crippen LogP contribution in [0.2, 0.25) is 0 Å². The molecule has 96 valence electrons. The third kappa shape index (κ3) is 2.37. The van der Waals surface area contributed by atoms with Crippen LogP contribution in [0, 0.1) is 17.1 Å². The lowest BCUT2D eigenvalue weighted by atomic mass is 10.2. The maximum atomic E-state index is 13.1. The third-order valence-electron chi connectivity index (χ3n) is 2.53. The summed E-state index contributed by atoms with van der Waals surface area (Å²) in [6.07, 6.45) is 1.36. The molecule has 0 atom stereocenters. The van der Waals surface area contributed by atoms with Gasteiger partial charge >= 0.3 is 0 Å². The normalized spacial score (nSPS) is 9.95. The molecule has 2 rings (SSSR count). The molecule has 1 heterocycles. The number of nitrogens with two attached hydrogens (primary N) is 1. The Morgan fingerprint density at radius 2 is 2.32 bits per heavy atom. The van der Waals surface area contributed by atoms with Crippen molar-refractivity contribution in [3.05, 3.63) is 41.5 Å². The molecule has 2 aromatic rings. The number of nitrogens with one attached hydrogen (secondary N) is 1. The summed E-state index contributed by atoms with van der Waals surface area (Å²) in [5.41, 5.74) is 6.22. The van der Waals surface area contributed by atoms with Gasteiger partial charge in [0.05, 0.1) is 17.4 Å². The number of nitriles is 1. The Morgan fingerprint density at radius 3 is 2.89 bits per heavy atom. The van der Waals surface area contributed by atoms with Crippen molar-refractivity contribution in [3.8, 4) is 6.07 Å². The van der Waals surface area contributed by atoms with Crippen LogP contribution in [0.3, 0.4) is 0 Å². The van der Waals surface area contributed by atoms with Gasteiger partial charge < -0.3 is 11.1 Å². The SMILES string of the molecule is Cn1ncc(N)c1C(=O)Nc1ccc(F)c(C#N)c1. The molecule has 0 spiro atoms. The first-order valence-electron chi connectivity index (χ1n) is 5.31. The lowest BCUT2D eigenvalue weighted by molar-refractivity contribution is 0.101. The molecule has 0 aliphatic heterocycles. The van der Waals surface area contributed by atoms with Crippen LogP contribution < -0.4 is 11.1 Å². The number of nitrogen functional groups attached to an aromatic ring is 1. The maximum absolute atomic E-state index is 13.1. The summed E-state index contributed by atoms with van der Waals surface area (Å²) in [5, 5.41) is 15.1. The largest absolute Gasteiger partial charge is 0.396 e. The highest BCUT2D eigenvalue weighted by Crippen LogP contribution is 2.16. The zero-order valence-electron chi connectivity index (χ0n) is 10.0. The smallest absolute Gasteiger partial charge is 0.276 e. The Kier molecular flexibility index (Phi) is 3.16. The van der Waals surface area contributed by atoms with E-state index in [0.29, 0.717) is 5.69 Å². The lowest BCUT2D eigenvalue weighted by Crippen LogP contribution is -2.17. The molecule has 0 saturated heterocycles. The molecule has 0 radical (unpaired) electrons. The van der Waals surface area contributed by atoms with Crippen molar-refractivity contribution in [1.29, 1.82) is 5.26 Å². The lowest BCUT2D eigenvalue weighted by Gasteiger charge is -2.06. The molecule has 0 fully saturated rings. The molecular weight excluding hydrogens is 249 g/mol. The highest BCUT2D eigenvalue weighted by Gasteiger charge is 2.15. The second kappa shape index (κ2) is 4.78. The number of hydrogen-bond acceptors (Lipinski definition) is 4. The van der Waals surface area contributed by atoms with Crippen molar-refractivity contribution in [2.24, 2.45) is 7.05 Å². The minimum absolute atomic E-state index is 0.143. The number of nitrogens with zero attached hydrogens (tertiary/aromatic N) is 3. The van der Waals surface area contributed by atoms with Gasteiger partial charge in [-0.25, -0.2) is 4.39 Å². The number of carbonyl (C=O) groups excluding carboxylic acids is 1. The molecule has 1 aromatic heterocycles. The quantitative estimate of drug-likeness (QED) is 0.848. The van der Waals surface area contributed by atoms with Crippen LogP contribution in [-0.2, 0) is 7.05 Å². The standard InChI is InChI=1S/C12H10FN5O/c1-18-11(10(15)6-16-18)12(19)17-8-2-3-9(13)7(4-8)5-14/h2-4,6H,15H2,1H3,(H,17,19). The van der Waals surface area contributed by atoms with Crippen LogP contribution in [-0.4, -0.2) is 15.7 Å². The number of anilines is 2. The van der Waals surface area contributed by atoms with E-state index in [0.717, 1.165) is 6.07 Å². The molecular formula is C12H10FN5O. The van der Waals surface area contributed by atoms with Gasteiger partial charge in [-0.2, -0.15) is 10.4 Å². The Hall–Kier alpha value is -2.88. The van der Waals surface area contributed by atoms with Gasteiger partial charge in [-0.3, -0.25) is 9.48 Å². The van der Waals surface area contributed by atoms with E-state index in [1.165, 1.54) is 23.0 Å². The van der Waals surface area contributed by atoms with Gasteiger partial charge in [-0.1, -0.05) is 0 Å². The number of carbonyl (C=O) groups is 1. The molecule has 0 aliphatic carbocycles. The van der Waals surface area contributed by atoms with E-state index >= 15 is 0 Å². The average molecular weight is 259 g/mol. The number of hydrogen-bond donors (Lipinski definition) is 2. The van der Waals surface area contributed by atoms with Gasteiger partial charge in [0.25, 0.3) is 5.91 Å². The summed E-state index contributed by atoms with van der Waals surface area (Å²) < 4.78 is 14.5. The van der Waals surface area contributed by atoms with Gasteiger partial charge in [-0.15, -0.1) is 0 Å². The van der Waals surface area contributed by atoms with E-state index in [9.17, 15) is 9.18 Å². The van der Waals surface area contributed by atoms with Gasteiger partial charge in [-0.05, 0) is 18.2 Å². The first kappa shape index (κ1) is 12.6. The zero-order chi connectivity index (χ0) is 14.0. The van der Waals surface area contributed by atoms with Crippen LogP contribution in [0.5, 0.6) is 0 Å². The summed E-state index contributed by atoms with van der Waals surface area (Å²) in [7, 11) is 1.58. The second-order valence-electron chi connectivity index (χ2n) is 3.83. The van der Waals surface area contributed by atoms with Crippen LogP contribution in [0.4, 0.5) is 15.8 Å². The fraction of sp³-hybridized carbons (Fsp3) is 0.0833. The van der Waals surface area contributed by atoms with E-state index in [1.807, 2.05) is 0 Å². The fourth-order valence-electron chi connectivity index (χ4n) is 1.61. The number of aromatic nitrogens is 2. The van der Waals surface area contributed by atoms with Crippen LogP contribution in [0.15, 0.2) is 24.4 Å². The predicted molar refractivity (Wildman–Crippen MR) is 66.7 cm³/mol. The summed E-state index contributed by atoms with van der Waals surface area (Å²) in [6.45, 7) is 0. The van der Waals surface area contributed by atoms with E-state index in [4.69, 9.17) is 11.0 Å². The minimum Gasteiger partial charge on any atom is -0.396 e. The number of halogens is 1. The molecule has 7 heteroatoms. The third-order valence-corrected chi connectivity index (χ3v) is 2.53. The monoisotopic (exact) mass is 259 g/mol. The summed E-state index contributed by atoms with van der Waals surface area (Å²) in [5.74, 6) is -1.12. The number of amides is 1. The van der Waals surface area contributed by atoms with Crippen LogP contribution in [0.25, 0.3) is 0 Å². The van der Waals surface area contributed by atoms with Gasteiger partial charge in [0.1, 0.15) is 17.6 Å². The minimum atomic E-state index is -0.638. The van der Waals surface area contributed by atoms with Crippen LogP contribution in [0.1, 0.15) is 16.1 Å². The molecule has 6 nitrogen and oxygen atoms in total. The first-order chi connectivity index (χ1) is 9.02. The van der Waals surface area contributed by atoms with Crippen LogP contribution >= 0.6 is 0 Å². The zero-order valence-corrected chi connectivity index (χ0v) is 10.0.